The molecule has 18 aromatic carbocycles. The van der Waals surface area contributed by atoms with Crippen LogP contribution in [0.4, 0.5) is 0 Å². The molecule has 7 nitrogen and oxygen atoms in total. The molecule has 0 radical (unpaired) electrons. The van der Waals surface area contributed by atoms with Gasteiger partial charge in [0.1, 0.15) is 16.8 Å². The minimum atomic E-state index is -0.0264. The van der Waals surface area contributed by atoms with Crippen LogP contribution in [0.3, 0.4) is 0 Å². The van der Waals surface area contributed by atoms with Crippen molar-refractivity contribution in [2.75, 3.05) is 0 Å². The normalized spacial score (nSPS) is 12.2. The van der Waals surface area contributed by atoms with Crippen molar-refractivity contribution in [3.63, 3.8) is 0 Å². The van der Waals surface area contributed by atoms with Gasteiger partial charge in [-0.05, 0) is 174 Å². The third kappa shape index (κ3) is 14.3. The zero-order chi connectivity index (χ0) is 88.9. The standard InChI is InChI=1S/C43H30N2S.C40H24N2OS.C40H24N2S2/c1-43(2)36-20-8-6-18-33(36)34-23-22-31(26-37(34)43)29-15-10-14-28(24-29)30-16-11-17-32(25-30)42-44-39(27-12-4-3-5-13-27)41-40(45-42)35-19-7-9-21-38(35)46-41;1-2-11-25(12-3-1)36-38-37(33-18-4-6-21-34(33)43-38)42-40(41-36)29-16-9-14-27(24-29)26-13-8-15-28(23-26)30-19-10-20-32-31-17-5-7-22-35(31)44-39(30)32;1-3-12-25(13-4-1)27-22-28(30-18-11-19-32-31-16-7-9-20-34(31)43-38(30)32)24-29(23-27)40-41-36(26-14-5-2-6-15-26)39-37(42-40)33-17-8-10-21-35(33)44-39/h3-26H,1-2H3;2*1-24H. The largest absolute Gasteiger partial charge is 0.452 e. The first-order chi connectivity index (χ1) is 66.1. The molecule has 8 heterocycles. The Hall–Kier alpha value is -16.1. The molecule has 8 aromatic heterocycles. The fourth-order valence-electron chi connectivity index (χ4n) is 19.5. The quantitative estimate of drug-likeness (QED) is 0.120. The van der Waals surface area contributed by atoms with E-state index < -0.39 is 0 Å². The molecule has 0 saturated carbocycles. The minimum Gasteiger partial charge on any atom is -0.452 e. The average molecular weight is 1780 g/mol. The Morgan fingerprint density at radius 2 is 0.522 bits per heavy atom. The molecule has 0 spiro atoms. The predicted octanol–water partition coefficient (Wildman–Crippen LogP) is 35.1. The molecule has 0 fully saturated rings. The SMILES string of the molecule is CC1(C)c2ccccc2-c2ccc(-c3cccc(-c4cccc(-c5nc(-c6ccccc6)c6sc7ccccc7c6n5)c4)c3)cc21.c1ccc(-c2cc(-c3nc(-c4ccccc4)c4sc5ccccc5c4n3)cc(-c3cccc4c3sc3ccccc34)c2)cc1.c1ccc(-c2nc(-c3cccc(-c4cccc(-c5cccc6c5sc5ccccc56)c4)c3)nc3c2oc2ccccc23)cc1. The molecule has 0 N–H and O–H groups in total. The number of fused-ring (bicyclic) bond motifs is 18. The molecule has 26 aromatic rings. The fraction of sp³-hybridized carbons (Fsp3) is 0.0244. The Bertz CT molecular complexity index is 9130. The molecule has 0 amide bonds. The van der Waals surface area contributed by atoms with E-state index in [4.69, 9.17) is 34.3 Å². The molecular weight excluding hydrogens is 1710 g/mol. The lowest BCUT2D eigenvalue weighted by molar-refractivity contribution is 0.660. The summed E-state index contributed by atoms with van der Waals surface area (Å²) in [6, 6.07) is 155. The number of hydrogen-bond donors (Lipinski definition) is 0. The summed E-state index contributed by atoms with van der Waals surface area (Å²) in [5.41, 5.74) is 33.0. The summed E-state index contributed by atoms with van der Waals surface area (Å²) in [5.74, 6) is 2.16. The first-order valence-corrected chi connectivity index (χ1v) is 48.3. The van der Waals surface area contributed by atoms with Gasteiger partial charge >= 0.3 is 0 Å². The van der Waals surface area contributed by atoms with Crippen molar-refractivity contribution in [2.24, 2.45) is 0 Å². The van der Waals surface area contributed by atoms with E-state index in [0.717, 1.165) is 121 Å². The zero-order valence-electron chi connectivity index (χ0n) is 72.8. The van der Waals surface area contributed by atoms with Crippen LogP contribution in [0.1, 0.15) is 25.0 Å². The minimum absolute atomic E-state index is 0.0264. The monoisotopic (exact) mass is 1780 g/mol. The van der Waals surface area contributed by atoms with Crippen LogP contribution in [0, 0.1) is 0 Å². The second-order valence-corrected chi connectivity index (χ2v) is 38.8. The Kier molecular flexibility index (Phi) is 19.9. The lowest BCUT2D eigenvalue weighted by Gasteiger charge is -2.22. The van der Waals surface area contributed by atoms with Crippen LogP contribution in [-0.2, 0) is 5.41 Å². The average Bonchev–Trinajstić information content (AvgIpc) is 1.58. The van der Waals surface area contributed by atoms with Crippen molar-refractivity contribution >= 4 is 148 Å². The number of benzene rings is 18. The molecule has 134 heavy (non-hydrogen) atoms. The predicted molar refractivity (Wildman–Crippen MR) is 568 cm³/mol. The van der Waals surface area contributed by atoms with Gasteiger partial charge in [0.15, 0.2) is 23.1 Å². The highest BCUT2D eigenvalue weighted by atomic mass is 32.1. The number of rotatable bonds is 12. The fourth-order valence-corrected chi connectivity index (χ4v) is 24.3. The molecular formula is C123H78N6OS4. The van der Waals surface area contributed by atoms with Gasteiger partial charge in [-0.2, -0.15) is 0 Å². The molecule has 11 heteroatoms. The summed E-state index contributed by atoms with van der Waals surface area (Å²) in [6.45, 7) is 4.68. The molecule has 0 aliphatic heterocycles. The number of nitrogens with zero attached hydrogens (tertiary/aromatic N) is 6. The summed E-state index contributed by atoms with van der Waals surface area (Å²) in [6.07, 6.45) is 0. The highest BCUT2D eigenvalue weighted by Crippen LogP contribution is 2.52. The summed E-state index contributed by atoms with van der Waals surface area (Å²) in [5, 5.41) is 8.56. The highest BCUT2D eigenvalue weighted by molar-refractivity contribution is 7.27. The molecule has 1 aliphatic carbocycles. The topological polar surface area (TPSA) is 90.5 Å². The van der Waals surface area contributed by atoms with Crippen LogP contribution in [-0.4, -0.2) is 29.9 Å². The molecule has 1 aliphatic rings. The van der Waals surface area contributed by atoms with E-state index >= 15 is 0 Å². The lowest BCUT2D eigenvalue weighted by Crippen LogP contribution is -2.14. The Morgan fingerprint density at radius 1 is 0.194 bits per heavy atom. The van der Waals surface area contributed by atoms with Crippen molar-refractivity contribution in [1.82, 2.24) is 29.9 Å². The lowest BCUT2D eigenvalue weighted by atomic mass is 9.81. The van der Waals surface area contributed by atoms with Crippen LogP contribution in [0.5, 0.6) is 0 Å². The van der Waals surface area contributed by atoms with Crippen LogP contribution >= 0.6 is 45.3 Å². The number of thiophene rings is 4. The smallest absolute Gasteiger partial charge is 0.180 e. The molecule has 630 valence electrons. The van der Waals surface area contributed by atoms with E-state index in [0.29, 0.717) is 11.4 Å². The van der Waals surface area contributed by atoms with E-state index in [-0.39, 0.29) is 5.41 Å². The van der Waals surface area contributed by atoms with Crippen LogP contribution in [0.25, 0.3) is 249 Å². The number of furan rings is 1. The molecule has 0 bridgehead atoms. The highest BCUT2D eigenvalue weighted by Gasteiger charge is 2.36. The summed E-state index contributed by atoms with van der Waals surface area (Å²) >= 11 is 7.25. The van der Waals surface area contributed by atoms with Gasteiger partial charge in [-0.25, -0.2) is 29.9 Å². The Morgan fingerprint density at radius 3 is 1.06 bits per heavy atom. The van der Waals surface area contributed by atoms with Gasteiger partial charge in [-0.3, -0.25) is 0 Å². The Labute approximate surface area is 789 Å². The van der Waals surface area contributed by atoms with Crippen LogP contribution in [0.2, 0.25) is 0 Å². The molecule has 0 atom stereocenters. The molecule has 27 rings (SSSR count). The summed E-state index contributed by atoms with van der Waals surface area (Å²) in [4.78, 5) is 31.1. The second-order valence-electron chi connectivity index (χ2n) is 34.6. The van der Waals surface area contributed by atoms with Gasteiger partial charge in [0, 0.05) is 105 Å². The van der Waals surface area contributed by atoms with Crippen molar-refractivity contribution in [3.8, 4) is 146 Å². The third-order valence-corrected chi connectivity index (χ3v) is 30.9. The van der Waals surface area contributed by atoms with Gasteiger partial charge < -0.3 is 4.42 Å². The molecule has 0 unspecified atom stereocenters. The molecule has 0 saturated heterocycles. The van der Waals surface area contributed by atoms with Crippen molar-refractivity contribution < 1.29 is 4.42 Å². The van der Waals surface area contributed by atoms with E-state index in [9.17, 15) is 0 Å². The van der Waals surface area contributed by atoms with E-state index in [2.05, 4.69) is 408 Å². The van der Waals surface area contributed by atoms with Crippen LogP contribution < -0.4 is 0 Å². The van der Waals surface area contributed by atoms with E-state index in [1.165, 1.54) is 127 Å². The number of para-hydroxylation sites is 1. The number of aromatic nitrogens is 6. The van der Waals surface area contributed by atoms with Gasteiger partial charge in [0.05, 0.1) is 31.8 Å². The van der Waals surface area contributed by atoms with Gasteiger partial charge in [0.25, 0.3) is 0 Å². The maximum absolute atomic E-state index is 6.30. The van der Waals surface area contributed by atoms with Gasteiger partial charge in [0.2, 0.25) is 0 Å². The summed E-state index contributed by atoms with van der Waals surface area (Å²) in [7, 11) is 0. The van der Waals surface area contributed by atoms with Crippen molar-refractivity contribution in [2.45, 2.75) is 19.3 Å². The first kappa shape index (κ1) is 80.0. The van der Waals surface area contributed by atoms with Crippen molar-refractivity contribution in [3.05, 3.63) is 448 Å². The van der Waals surface area contributed by atoms with Crippen molar-refractivity contribution in [1.29, 1.82) is 0 Å². The zero-order valence-corrected chi connectivity index (χ0v) is 76.1. The maximum Gasteiger partial charge on any atom is 0.180 e. The van der Waals surface area contributed by atoms with E-state index in [1.54, 1.807) is 22.7 Å². The maximum atomic E-state index is 6.30. The van der Waals surface area contributed by atoms with Gasteiger partial charge in [-0.1, -0.05) is 366 Å². The Balaban J connectivity index is 0.000000108. The second kappa shape index (κ2) is 33.4. The van der Waals surface area contributed by atoms with Crippen LogP contribution in [0.15, 0.2) is 441 Å². The first-order valence-electron chi connectivity index (χ1n) is 45.1. The van der Waals surface area contributed by atoms with E-state index in [1.807, 2.05) is 65.1 Å². The third-order valence-electron chi connectivity index (χ3n) is 26.1. The summed E-state index contributed by atoms with van der Waals surface area (Å²) < 4.78 is 16.2. The van der Waals surface area contributed by atoms with Gasteiger partial charge in [-0.15, -0.1) is 45.3 Å². The number of hydrogen-bond acceptors (Lipinski definition) is 11.